The van der Waals surface area contributed by atoms with E-state index in [0.717, 1.165) is 31.2 Å². The molecule has 4 heterocycles. The molecular weight excluding hydrogens is 666 g/mol. The maximum atomic E-state index is 12.1. The Balaban J connectivity index is 0.000000177. The third kappa shape index (κ3) is 7.10. The van der Waals surface area contributed by atoms with Gasteiger partial charge in [-0.25, -0.2) is 9.97 Å². The number of hydrogen-bond donors (Lipinski definition) is 3. The van der Waals surface area contributed by atoms with Gasteiger partial charge in [0.2, 0.25) is 11.1 Å². The third-order valence-corrected chi connectivity index (χ3v) is 8.52. The summed E-state index contributed by atoms with van der Waals surface area (Å²) in [7, 11) is 0. The zero-order valence-electron chi connectivity index (χ0n) is 22.1. The predicted octanol–water partition coefficient (Wildman–Crippen LogP) is 6.61. The highest BCUT2D eigenvalue weighted by atomic mass is 35.5. The van der Waals surface area contributed by atoms with Crippen LogP contribution < -0.4 is 11.1 Å². The van der Waals surface area contributed by atoms with Gasteiger partial charge >= 0.3 is 0 Å². The van der Waals surface area contributed by atoms with Crippen molar-refractivity contribution in [1.29, 1.82) is 0 Å². The fourth-order valence-electron chi connectivity index (χ4n) is 3.51. The molecule has 6 aromatic rings. The number of carbonyl (C=O) groups excluding carboxylic acids is 3. The Hall–Kier alpha value is -3.07. The molecule has 3 atom stereocenters. The van der Waals surface area contributed by atoms with Gasteiger partial charge in [-0.1, -0.05) is 22.7 Å². The van der Waals surface area contributed by atoms with E-state index < -0.39 is 21.4 Å². The van der Waals surface area contributed by atoms with Crippen LogP contribution in [0.2, 0.25) is 0 Å². The molecule has 3 unspecified atom stereocenters. The second kappa shape index (κ2) is 13.5. The number of amides is 1. The summed E-state index contributed by atoms with van der Waals surface area (Å²) in [5.41, 5.74) is 8.96. The van der Waals surface area contributed by atoms with Crippen LogP contribution in [0.4, 0.5) is 10.3 Å². The van der Waals surface area contributed by atoms with Gasteiger partial charge in [0.15, 0.2) is 10.3 Å². The second-order valence-corrected chi connectivity index (χ2v) is 13.1. The van der Waals surface area contributed by atoms with E-state index in [2.05, 4.69) is 30.6 Å². The molecular formula is C25H22Cl4N8O3S2. The Kier molecular flexibility index (Phi) is 10.2. The molecule has 0 saturated carbocycles. The monoisotopic (exact) mass is 686 g/mol. The quantitative estimate of drug-likeness (QED) is 0.138. The molecule has 4 aromatic heterocycles. The SMILES string of the molecule is CC(Cl)C(=O)Cl.CC(Cl)C(=O)Nc1nc2ccc3c(cnn3C(=O)C(C)Cl)c2s1.Nc1nc2ccc3[nH]ncc3c2s1. The third-order valence-electron chi connectivity index (χ3n) is 5.55. The van der Waals surface area contributed by atoms with Crippen LogP contribution >= 0.6 is 69.1 Å². The Morgan fingerprint density at radius 3 is 2.19 bits per heavy atom. The van der Waals surface area contributed by atoms with Crippen LogP contribution in [0.5, 0.6) is 0 Å². The summed E-state index contributed by atoms with van der Waals surface area (Å²) in [6.45, 7) is 4.71. The van der Waals surface area contributed by atoms with Crippen LogP contribution in [0.15, 0.2) is 36.7 Å². The molecule has 0 fully saturated rings. The largest absolute Gasteiger partial charge is 0.375 e. The van der Waals surface area contributed by atoms with Crippen LogP contribution in [0.25, 0.3) is 42.2 Å². The molecule has 220 valence electrons. The van der Waals surface area contributed by atoms with Crippen molar-refractivity contribution in [3.8, 4) is 0 Å². The number of rotatable bonds is 4. The van der Waals surface area contributed by atoms with Gasteiger partial charge in [0, 0.05) is 10.8 Å². The Bertz CT molecular complexity index is 1910. The van der Waals surface area contributed by atoms with Gasteiger partial charge in [0.05, 0.1) is 43.9 Å². The van der Waals surface area contributed by atoms with E-state index in [-0.39, 0.29) is 11.8 Å². The molecule has 0 bridgehead atoms. The van der Waals surface area contributed by atoms with Crippen molar-refractivity contribution in [2.45, 2.75) is 36.9 Å². The number of hydrogen-bond acceptors (Lipinski definition) is 10. The number of carbonyl (C=O) groups is 3. The summed E-state index contributed by atoms with van der Waals surface area (Å²) >= 11 is 24.4. The van der Waals surface area contributed by atoms with E-state index in [9.17, 15) is 14.4 Å². The molecule has 0 aliphatic carbocycles. The van der Waals surface area contributed by atoms with Gasteiger partial charge in [-0.05, 0) is 56.6 Å². The predicted molar refractivity (Wildman–Crippen MR) is 173 cm³/mol. The summed E-state index contributed by atoms with van der Waals surface area (Å²) in [4.78, 5) is 42.1. The molecule has 0 saturated heterocycles. The highest BCUT2D eigenvalue weighted by Gasteiger charge is 2.19. The smallest absolute Gasteiger partial charge is 0.265 e. The van der Waals surface area contributed by atoms with Gasteiger partial charge in [0.25, 0.3) is 5.91 Å². The number of nitrogens with one attached hydrogen (secondary N) is 2. The van der Waals surface area contributed by atoms with E-state index in [1.807, 2.05) is 12.1 Å². The number of anilines is 2. The average molecular weight is 688 g/mol. The van der Waals surface area contributed by atoms with E-state index >= 15 is 0 Å². The highest BCUT2D eigenvalue weighted by Crippen LogP contribution is 2.33. The van der Waals surface area contributed by atoms with E-state index in [0.29, 0.717) is 21.3 Å². The summed E-state index contributed by atoms with van der Waals surface area (Å²) in [5, 5.41) is 14.2. The molecule has 0 aliphatic rings. The number of alkyl halides is 3. The van der Waals surface area contributed by atoms with E-state index in [1.165, 1.54) is 34.3 Å². The van der Waals surface area contributed by atoms with Crippen LogP contribution in [-0.2, 0) is 9.59 Å². The number of benzene rings is 2. The number of halogens is 4. The number of nitrogen functional groups attached to an aromatic ring is 1. The molecule has 11 nitrogen and oxygen atoms in total. The normalized spacial score (nSPS) is 13.2. The number of thiazole rings is 2. The molecule has 17 heteroatoms. The minimum Gasteiger partial charge on any atom is -0.375 e. The maximum Gasteiger partial charge on any atom is 0.265 e. The van der Waals surface area contributed by atoms with E-state index in [4.69, 9.17) is 52.1 Å². The Morgan fingerprint density at radius 2 is 1.55 bits per heavy atom. The van der Waals surface area contributed by atoms with Gasteiger partial charge < -0.3 is 11.1 Å². The molecule has 4 N–H and O–H groups in total. The topological polar surface area (TPSA) is 162 Å². The van der Waals surface area contributed by atoms with Crippen molar-refractivity contribution >= 4 is 139 Å². The maximum absolute atomic E-state index is 12.1. The van der Waals surface area contributed by atoms with Gasteiger partial charge in [-0.15, -0.1) is 34.8 Å². The standard InChI is InChI=1S/C14H12Cl2N4O2S.C8H6N4S.C3H4Cl2O/c1-6(15)12(21)19-14-18-9-3-4-10-8(11(9)23-14)5-17-20(10)13(22)7(2)16;9-8-11-6-2-1-5-4(3-10-12-5)7(6)13-8;1-2(4)3(5)6/h3-7H,1-2H3,(H,18,19,21);1-3H,(H2,9,11)(H,10,12);2H,1H3. The number of fused-ring (bicyclic) bond motifs is 6. The first-order chi connectivity index (χ1) is 19.9. The summed E-state index contributed by atoms with van der Waals surface area (Å²) < 4.78 is 3.22. The number of nitrogens with two attached hydrogens (primary N) is 1. The fraction of sp³-hybridized carbons (Fsp3) is 0.240. The lowest BCUT2D eigenvalue weighted by Gasteiger charge is -2.03. The number of nitrogens with zero attached hydrogens (tertiary/aromatic N) is 5. The number of aromatic nitrogens is 6. The molecule has 0 aliphatic heterocycles. The van der Waals surface area contributed by atoms with Crippen molar-refractivity contribution in [2.24, 2.45) is 0 Å². The first-order valence-corrected chi connectivity index (χ1v) is 15.4. The van der Waals surface area contributed by atoms with Crippen molar-refractivity contribution in [1.82, 2.24) is 29.9 Å². The zero-order chi connectivity index (χ0) is 30.7. The Labute approximate surface area is 266 Å². The minimum absolute atomic E-state index is 0.296. The lowest BCUT2D eigenvalue weighted by atomic mass is 10.2. The zero-order valence-corrected chi connectivity index (χ0v) is 26.7. The highest BCUT2D eigenvalue weighted by molar-refractivity contribution is 7.23. The van der Waals surface area contributed by atoms with Crippen LogP contribution in [0.1, 0.15) is 25.6 Å². The molecule has 6 rings (SSSR count). The summed E-state index contributed by atoms with van der Waals surface area (Å²) in [6, 6.07) is 7.45. The number of aromatic amines is 1. The van der Waals surface area contributed by atoms with Gasteiger partial charge in [-0.3, -0.25) is 19.5 Å². The minimum atomic E-state index is -0.671. The first kappa shape index (κ1) is 31.9. The van der Waals surface area contributed by atoms with Crippen LogP contribution in [0, 0.1) is 0 Å². The Morgan fingerprint density at radius 1 is 0.905 bits per heavy atom. The van der Waals surface area contributed by atoms with Crippen molar-refractivity contribution in [2.75, 3.05) is 11.1 Å². The molecule has 0 spiro atoms. The molecule has 0 radical (unpaired) electrons. The van der Waals surface area contributed by atoms with Crippen LogP contribution in [-0.4, -0.2) is 63.1 Å². The van der Waals surface area contributed by atoms with Crippen molar-refractivity contribution in [3.63, 3.8) is 0 Å². The van der Waals surface area contributed by atoms with Crippen molar-refractivity contribution in [3.05, 3.63) is 36.7 Å². The lowest BCUT2D eigenvalue weighted by molar-refractivity contribution is -0.115. The fourth-order valence-corrected chi connectivity index (χ4v) is 5.48. The van der Waals surface area contributed by atoms with Gasteiger partial charge in [-0.2, -0.15) is 14.9 Å². The van der Waals surface area contributed by atoms with Gasteiger partial charge in [0.1, 0.15) is 16.1 Å². The molecule has 2 aromatic carbocycles. The van der Waals surface area contributed by atoms with E-state index in [1.54, 1.807) is 38.4 Å². The van der Waals surface area contributed by atoms with Crippen molar-refractivity contribution < 1.29 is 14.4 Å². The number of H-pyrrole nitrogens is 1. The summed E-state index contributed by atoms with van der Waals surface area (Å²) in [6.07, 6.45) is 3.40. The lowest BCUT2D eigenvalue weighted by Crippen LogP contribution is -2.20. The molecule has 1 amide bonds. The average Bonchev–Trinajstić information content (AvgIpc) is 3.71. The van der Waals surface area contributed by atoms with Crippen LogP contribution in [0.3, 0.4) is 0 Å². The summed E-state index contributed by atoms with van der Waals surface area (Å²) in [5.74, 6) is -0.612. The first-order valence-electron chi connectivity index (χ1n) is 12.1. The molecule has 42 heavy (non-hydrogen) atoms. The second-order valence-electron chi connectivity index (χ2n) is 8.70.